The molecule has 0 spiro atoms. The molecule has 0 amide bonds. The SMILES string of the molecule is O=C(O)c1ccc(F)c(Nc2cccc(F)c2)c1. The van der Waals surface area contributed by atoms with E-state index < -0.39 is 17.6 Å². The highest BCUT2D eigenvalue weighted by atomic mass is 19.1. The van der Waals surface area contributed by atoms with Crippen LogP contribution in [0, 0.1) is 11.6 Å². The standard InChI is InChI=1S/C13H9F2NO2/c14-9-2-1-3-10(7-9)16-12-6-8(13(17)18)4-5-11(12)15/h1-7,16H,(H,17,18). The zero-order valence-electron chi connectivity index (χ0n) is 9.15. The zero-order chi connectivity index (χ0) is 13.1. The van der Waals surface area contributed by atoms with Crippen molar-refractivity contribution in [3.05, 3.63) is 59.7 Å². The van der Waals surface area contributed by atoms with Crippen LogP contribution in [-0.2, 0) is 0 Å². The lowest BCUT2D eigenvalue weighted by atomic mass is 10.2. The molecule has 5 heteroatoms. The molecule has 92 valence electrons. The van der Waals surface area contributed by atoms with Crippen molar-refractivity contribution in [2.75, 3.05) is 5.32 Å². The molecule has 0 saturated carbocycles. The van der Waals surface area contributed by atoms with Gasteiger partial charge in [-0.3, -0.25) is 0 Å². The van der Waals surface area contributed by atoms with Crippen LogP contribution in [0.15, 0.2) is 42.5 Å². The third-order valence-corrected chi connectivity index (χ3v) is 2.32. The molecular formula is C13H9F2NO2. The summed E-state index contributed by atoms with van der Waals surface area (Å²) in [5.74, 6) is -2.23. The second kappa shape index (κ2) is 4.83. The van der Waals surface area contributed by atoms with Gasteiger partial charge in [-0.05, 0) is 36.4 Å². The molecule has 0 aliphatic rings. The lowest BCUT2D eigenvalue weighted by molar-refractivity contribution is 0.0697. The molecule has 0 aromatic heterocycles. The highest BCUT2D eigenvalue weighted by Crippen LogP contribution is 2.21. The Morgan fingerprint density at radius 1 is 1.11 bits per heavy atom. The number of carboxylic acid groups (broad SMARTS) is 1. The molecule has 0 heterocycles. The van der Waals surface area contributed by atoms with Crippen molar-refractivity contribution in [2.24, 2.45) is 0 Å². The minimum atomic E-state index is -1.16. The quantitative estimate of drug-likeness (QED) is 0.876. The summed E-state index contributed by atoms with van der Waals surface area (Å²) in [7, 11) is 0. The maximum absolute atomic E-state index is 13.5. The van der Waals surface area contributed by atoms with Crippen molar-refractivity contribution < 1.29 is 18.7 Å². The number of nitrogens with one attached hydrogen (secondary N) is 1. The molecule has 0 unspecified atom stereocenters. The van der Waals surface area contributed by atoms with Gasteiger partial charge in [-0.15, -0.1) is 0 Å². The van der Waals surface area contributed by atoms with E-state index in [-0.39, 0.29) is 11.3 Å². The molecule has 2 N–H and O–H groups in total. The lowest BCUT2D eigenvalue weighted by Gasteiger charge is -2.08. The first kappa shape index (κ1) is 12.0. The number of anilines is 2. The molecule has 0 atom stereocenters. The summed E-state index contributed by atoms with van der Waals surface area (Å²) in [5.41, 5.74) is 0.284. The van der Waals surface area contributed by atoms with E-state index in [4.69, 9.17) is 5.11 Å². The second-order valence-corrected chi connectivity index (χ2v) is 3.64. The smallest absolute Gasteiger partial charge is 0.335 e. The number of carboxylic acids is 1. The van der Waals surface area contributed by atoms with E-state index in [0.29, 0.717) is 5.69 Å². The molecule has 0 radical (unpaired) electrons. The molecule has 2 aromatic rings. The van der Waals surface area contributed by atoms with Crippen molar-refractivity contribution in [3.63, 3.8) is 0 Å². The summed E-state index contributed by atoms with van der Waals surface area (Å²) in [6, 6.07) is 8.83. The number of hydrogen-bond acceptors (Lipinski definition) is 2. The summed E-state index contributed by atoms with van der Waals surface area (Å²) >= 11 is 0. The summed E-state index contributed by atoms with van der Waals surface area (Å²) < 4.78 is 26.4. The van der Waals surface area contributed by atoms with Gasteiger partial charge < -0.3 is 10.4 Å². The number of carbonyl (C=O) groups is 1. The predicted molar refractivity (Wildman–Crippen MR) is 63.0 cm³/mol. The highest BCUT2D eigenvalue weighted by Gasteiger charge is 2.08. The van der Waals surface area contributed by atoms with Gasteiger partial charge in [-0.25, -0.2) is 13.6 Å². The Morgan fingerprint density at radius 2 is 1.89 bits per heavy atom. The van der Waals surface area contributed by atoms with E-state index in [2.05, 4.69) is 5.32 Å². The first-order valence-electron chi connectivity index (χ1n) is 5.12. The molecule has 3 nitrogen and oxygen atoms in total. The average Bonchev–Trinajstić information content (AvgIpc) is 2.31. The van der Waals surface area contributed by atoms with Crippen LogP contribution in [0.1, 0.15) is 10.4 Å². The largest absolute Gasteiger partial charge is 0.478 e. The zero-order valence-corrected chi connectivity index (χ0v) is 9.15. The number of hydrogen-bond donors (Lipinski definition) is 2. The van der Waals surface area contributed by atoms with Gasteiger partial charge in [0.2, 0.25) is 0 Å². The van der Waals surface area contributed by atoms with Crippen LogP contribution in [0.4, 0.5) is 20.2 Å². The fraction of sp³-hybridized carbons (Fsp3) is 0. The first-order valence-corrected chi connectivity index (χ1v) is 5.12. The molecule has 0 aliphatic heterocycles. The molecule has 18 heavy (non-hydrogen) atoms. The molecule has 0 saturated heterocycles. The van der Waals surface area contributed by atoms with Gasteiger partial charge in [0.25, 0.3) is 0 Å². The Kier molecular flexibility index (Phi) is 3.23. The number of rotatable bonds is 3. The van der Waals surface area contributed by atoms with Gasteiger partial charge in [0, 0.05) is 5.69 Å². The maximum atomic E-state index is 13.5. The number of aromatic carboxylic acids is 1. The van der Waals surface area contributed by atoms with Gasteiger partial charge >= 0.3 is 5.97 Å². The molecule has 2 aromatic carbocycles. The van der Waals surface area contributed by atoms with Crippen molar-refractivity contribution in [1.82, 2.24) is 0 Å². The average molecular weight is 249 g/mol. The molecule has 0 fully saturated rings. The van der Waals surface area contributed by atoms with Gasteiger partial charge in [-0.1, -0.05) is 6.07 Å². The Labute approximate surface area is 102 Å². The van der Waals surface area contributed by atoms with Crippen molar-refractivity contribution in [3.8, 4) is 0 Å². The van der Waals surface area contributed by atoms with Crippen LogP contribution in [0.5, 0.6) is 0 Å². The van der Waals surface area contributed by atoms with Crippen LogP contribution in [-0.4, -0.2) is 11.1 Å². The number of benzene rings is 2. The van der Waals surface area contributed by atoms with Crippen LogP contribution >= 0.6 is 0 Å². The predicted octanol–water partition coefficient (Wildman–Crippen LogP) is 3.41. The van der Waals surface area contributed by atoms with E-state index in [1.807, 2.05) is 0 Å². The van der Waals surface area contributed by atoms with E-state index in [1.165, 1.54) is 18.2 Å². The van der Waals surface area contributed by atoms with Crippen molar-refractivity contribution in [1.29, 1.82) is 0 Å². The Morgan fingerprint density at radius 3 is 2.56 bits per heavy atom. The number of halogens is 2. The van der Waals surface area contributed by atoms with Crippen molar-refractivity contribution >= 4 is 17.3 Å². The second-order valence-electron chi connectivity index (χ2n) is 3.64. The first-order chi connectivity index (χ1) is 8.56. The third kappa shape index (κ3) is 2.63. The van der Waals surface area contributed by atoms with Gasteiger partial charge in [0.15, 0.2) is 0 Å². The Hall–Kier alpha value is -2.43. The summed E-state index contributed by atoms with van der Waals surface area (Å²) in [4.78, 5) is 10.8. The van der Waals surface area contributed by atoms with Crippen LogP contribution in [0.25, 0.3) is 0 Å². The van der Waals surface area contributed by atoms with Gasteiger partial charge in [0.05, 0.1) is 11.3 Å². The van der Waals surface area contributed by atoms with E-state index >= 15 is 0 Å². The Balaban J connectivity index is 2.33. The summed E-state index contributed by atoms with van der Waals surface area (Å²) in [6.45, 7) is 0. The minimum absolute atomic E-state index is 0.0134. The van der Waals surface area contributed by atoms with E-state index in [0.717, 1.165) is 18.2 Å². The minimum Gasteiger partial charge on any atom is -0.478 e. The van der Waals surface area contributed by atoms with E-state index in [1.54, 1.807) is 6.07 Å². The van der Waals surface area contributed by atoms with Gasteiger partial charge in [-0.2, -0.15) is 0 Å². The fourth-order valence-electron chi connectivity index (χ4n) is 1.48. The normalized spacial score (nSPS) is 10.1. The monoisotopic (exact) mass is 249 g/mol. The lowest BCUT2D eigenvalue weighted by Crippen LogP contribution is -2.00. The third-order valence-electron chi connectivity index (χ3n) is 2.32. The maximum Gasteiger partial charge on any atom is 0.335 e. The molecule has 2 rings (SSSR count). The molecular weight excluding hydrogens is 240 g/mol. The topological polar surface area (TPSA) is 49.3 Å². The molecule has 0 aliphatic carbocycles. The van der Waals surface area contributed by atoms with Crippen molar-refractivity contribution in [2.45, 2.75) is 0 Å². The molecule has 0 bridgehead atoms. The van der Waals surface area contributed by atoms with Crippen LogP contribution in [0.3, 0.4) is 0 Å². The highest BCUT2D eigenvalue weighted by molar-refractivity contribution is 5.89. The summed E-state index contributed by atoms with van der Waals surface area (Å²) in [6.07, 6.45) is 0. The van der Waals surface area contributed by atoms with E-state index in [9.17, 15) is 13.6 Å². The van der Waals surface area contributed by atoms with Crippen LogP contribution in [0.2, 0.25) is 0 Å². The van der Waals surface area contributed by atoms with Crippen LogP contribution < -0.4 is 5.32 Å². The fourth-order valence-corrected chi connectivity index (χ4v) is 1.48. The van der Waals surface area contributed by atoms with Gasteiger partial charge in [0.1, 0.15) is 11.6 Å². The Bertz CT molecular complexity index is 599. The summed E-state index contributed by atoms with van der Waals surface area (Å²) in [5, 5.41) is 11.4.